The topological polar surface area (TPSA) is 59.2 Å². The van der Waals surface area contributed by atoms with Gasteiger partial charge in [0.25, 0.3) is 5.22 Å². The molecule has 3 rings (SSSR count). The number of halogens is 1. The zero-order valence-corrected chi connectivity index (χ0v) is 13.4. The molecule has 0 bridgehead atoms. The molecule has 0 fully saturated rings. The fourth-order valence-corrected chi connectivity index (χ4v) is 2.90. The summed E-state index contributed by atoms with van der Waals surface area (Å²) in [4.78, 5) is 22.3. The molecule has 0 unspecified atom stereocenters. The van der Waals surface area contributed by atoms with Crippen LogP contribution in [-0.2, 0) is 4.79 Å². The second-order valence-corrected chi connectivity index (χ2v) is 6.23. The minimum absolute atomic E-state index is 0.128. The average molecular weight is 331 g/mol. The number of thioether (sulfide) groups is 1. The molecule has 2 heterocycles. The van der Waals surface area contributed by atoms with Crippen molar-refractivity contribution in [3.63, 3.8) is 0 Å². The van der Waals surface area contributed by atoms with Gasteiger partial charge in [0.2, 0.25) is 5.91 Å². The SMILES string of the molecule is C[C@H](Sc1nc2ncccc2o1)C(=O)N(C)c1ccc(F)cc1. The van der Waals surface area contributed by atoms with E-state index in [1.807, 2.05) is 0 Å². The number of amides is 1. The number of oxazole rings is 1. The molecule has 7 heteroatoms. The van der Waals surface area contributed by atoms with Crippen molar-refractivity contribution in [3.8, 4) is 0 Å². The van der Waals surface area contributed by atoms with Crippen molar-refractivity contribution >= 4 is 34.6 Å². The highest BCUT2D eigenvalue weighted by Gasteiger charge is 2.22. The molecule has 1 aromatic carbocycles. The monoisotopic (exact) mass is 331 g/mol. The molecule has 1 atom stereocenters. The van der Waals surface area contributed by atoms with Gasteiger partial charge in [0.05, 0.1) is 5.25 Å². The molecule has 2 aromatic heterocycles. The summed E-state index contributed by atoms with van der Waals surface area (Å²) < 4.78 is 18.5. The van der Waals surface area contributed by atoms with Crippen molar-refractivity contribution in [2.24, 2.45) is 0 Å². The summed E-state index contributed by atoms with van der Waals surface area (Å²) >= 11 is 1.22. The van der Waals surface area contributed by atoms with Crippen LogP contribution in [-0.4, -0.2) is 28.2 Å². The van der Waals surface area contributed by atoms with Gasteiger partial charge in [-0.1, -0.05) is 11.8 Å². The van der Waals surface area contributed by atoms with E-state index in [-0.39, 0.29) is 11.7 Å². The average Bonchev–Trinajstić information content (AvgIpc) is 2.96. The van der Waals surface area contributed by atoms with Crippen LogP contribution in [0.1, 0.15) is 6.92 Å². The molecule has 0 spiro atoms. The highest BCUT2D eigenvalue weighted by Crippen LogP contribution is 2.27. The van der Waals surface area contributed by atoms with Crippen molar-refractivity contribution in [2.75, 3.05) is 11.9 Å². The van der Waals surface area contributed by atoms with Crippen LogP contribution >= 0.6 is 11.8 Å². The number of nitrogens with zero attached hydrogens (tertiary/aromatic N) is 3. The van der Waals surface area contributed by atoms with Crippen molar-refractivity contribution in [1.29, 1.82) is 0 Å². The Morgan fingerprint density at radius 3 is 2.74 bits per heavy atom. The van der Waals surface area contributed by atoms with Crippen LogP contribution < -0.4 is 4.90 Å². The van der Waals surface area contributed by atoms with Crippen molar-refractivity contribution < 1.29 is 13.6 Å². The second kappa shape index (κ2) is 6.37. The predicted octanol–water partition coefficient (Wildman–Crippen LogP) is 3.51. The first-order valence-electron chi connectivity index (χ1n) is 6.96. The van der Waals surface area contributed by atoms with Crippen LogP contribution in [0.15, 0.2) is 52.2 Å². The van der Waals surface area contributed by atoms with E-state index >= 15 is 0 Å². The van der Waals surface area contributed by atoms with Gasteiger partial charge >= 0.3 is 0 Å². The van der Waals surface area contributed by atoms with Gasteiger partial charge in [-0.05, 0) is 43.3 Å². The number of hydrogen-bond acceptors (Lipinski definition) is 5. The zero-order chi connectivity index (χ0) is 16.4. The Balaban J connectivity index is 1.72. The van der Waals surface area contributed by atoms with Gasteiger partial charge in [-0.2, -0.15) is 4.98 Å². The summed E-state index contributed by atoms with van der Waals surface area (Å²) in [6.45, 7) is 1.77. The van der Waals surface area contributed by atoms with E-state index in [4.69, 9.17) is 4.42 Å². The lowest BCUT2D eigenvalue weighted by molar-refractivity contribution is -0.117. The van der Waals surface area contributed by atoms with Crippen molar-refractivity contribution in [3.05, 3.63) is 48.4 Å². The maximum Gasteiger partial charge on any atom is 0.259 e. The third kappa shape index (κ3) is 3.34. The molecule has 5 nitrogen and oxygen atoms in total. The van der Waals surface area contributed by atoms with E-state index in [1.54, 1.807) is 44.4 Å². The maximum atomic E-state index is 13.0. The molecule has 1 amide bonds. The lowest BCUT2D eigenvalue weighted by Crippen LogP contribution is -2.33. The van der Waals surface area contributed by atoms with Gasteiger partial charge in [0.1, 0.15) is 5.82 Å². The third-order valence-electron chi connectivity index (χ3n) is 3.32. The molecule has 0 aliphatic heterocycles. The standard InChI is InChI=1S/C16H14FN3O2S/c1-10(15(21)20(2)12-7-5-11(17)6-8-12)23-16-19-14-13(22-16)4-3-9-18-14/h3-10H,1-2H3/t10-/m0/s1. The molecule has 0 saturated heterocycles. The van der Waals surface area contributed by atoms with E-state index in [2.05, 4.69) is 9.97 Å². The zero-order valence-electron chi connectivity index (χ0n) is 12.6. The first kappa shape index (κ1) is 15.5. The summed E-state index contributed by atoms with van der Waals surface area (Å²) in [6.07, 6.45) is 1.64. The molecule has 118 valence electrons. The molecular weight excluding hydrogens is 317 g/mol. The predicted molar refractivity (Wildman–Crippen MR) is 86.9 cm³/mol. The lowest BCUT2D eigenvalue weighted by Gasteiger charge is -2.20. The van der Waals surface area contributed by atoms with Gasteiger partial charge in [-0.25, -0.2) is 9.37 Å². The van der Waals surface area contributed by atoms with Crippen LogP contribution in [0.25, 0.3) is 11.2 Å². The van der Waals surface area contributed by atoms with Gasteiger partial charge in [0, 0.05) is 18.9 Å². The molecule has 23 heavy (non-hydrogen) atoms. The number of rotatable bonds is 4. The number of fused-ring (bicyclic) bond motifs is 1. The first-order chi connectivity index (χ1) is 11.0. The molecule has 0 saturated carbocycles. The Kier molecular flexibility index (Phi) is 4.29. The number of anilines is 1. The van der Waals surface area contributed by atoms with Crippen LogP contribution in [0.3, 0.4) is 0 Å². The molecule has 0 aliphatic rings. The summed E-state index contributed by atoms with van der Waals surface area (Å²) in [5.41, 5.74) is 1.73. The fourth-order valence-electron chi connectivity index (χ4n) is 2.07. The van der Waals surface area contributed by atoms with E-state index in [0.29, 0.717) is 22.1 Å². The van der Waals surface area contributed by atoms with Crippen LogP contribution in [0.2, 0.25) is 0 Å². The normalized spacial score (nSPS) is 12.3. The molecule has 0 radical (unpaired) electrons. The number of hydrogen-bond donors (Lipinski definition) is 0. The van der Waals surface area contributed by atoms with E-state index in [1.165, 1.54) is 28.8 Å². The minimum Gasteiger partial charge on any atom is -0.430 e. The number of benzene rings is 1. The fraction of sp³-hybridized carbons (Fsp3) is 0.188. The number of aromatic nitrogens is 2. The van der Waals surface area contributed by atoms with E-state index < -0.39 is 5.25 Å². The summed E-state index contributed by atoms with van der Waals surface area (Å²) in [7, 11) is 1.65. The smallest absolute Gasteiger partial charge is 0.259 e. The van der Waals surface area contributed by atoms with Gasteiger partial charge < -0.3 is 9.32 Å². The molecule has 3 aromatic rings. The third-order valence-corrected chi connectivity index (χ3v) is 4.25. The Bertz CT molecular complexity index is 802. The highest BCUT2D eigenvalue weighted by atomic mass is 32.2. The van der Waals surface area contributed by atoms with Gasteiger partial charge in [0.15, 0.2) is 11.2 Å². The summed E-state index contributed by atoms with van der Waals surface area (Å²) in [5.74, 6) is -0.465. The number of carbonyl (C=O) groups excluding carboxylic acids is 1. The van der Waals surface area contributed by atoms with Crippen LogP contribution in [0.4, 0.5) is 10.1 Å². The minimum atomic E-state index is -0.405. The number of pyridine rings is 1. The Hall–Kier alpha value is -2.41. The first-order valence-corrected chi connectivity index (χ1v) is 7.84. The maximum absolute atomic E-state index is 13.0. The van der Waals surface area contributed by atoms with E-state index in [0.717, 1.165) is 0 Å². The summed E-state index contributed by atoms with van der Waals surface area (Å²) in [6, 6.07) is 9.31. The quantitative estimate of drug-likeness (QED) is 0.685. The molecule has 0 N–H and O–H groups in total. The van der Waals surface area contributed by atoms with Crippen LogP contribution in [0, 0.1) is 5.82 Å². The second-order valence-electron chi connectivity index (χ2n) is 4.94. The summed E-state index contributed by atoms with van der Waals surface area (Å²) in [5, 5.41) is -0.00910. The Morgan fingerprint density at radius 1 is 1.30 bits per heavy atom. The largest absolute Gasteiger partial charge is 0.430 e. The Labute approximate surface area is 136 Å². The molecular formula is C16H14FN3O2S. The number of carbonyl (C=O) groups is 1. The van der Waals surface area contributed by atoms with Crippen molar-refractivity contribution in [2.45, 2.75) is 17.4 Å². The van der Waals surface area contributed by atoms with E-state index in [9.17, 15) is 9.18 Å². The van der Waals surface area contributed by atoms with Crippen LogP contribution in [0.5, 0.6) is 0 Å². The van der Waals surface area contributed by atoms with Gasteiger partial charge in [-0.15, -0.1) is 0 Å². The van der Waals surface area contributed by atoms with Crippen molar-refractivity contribution in [1.82, 2.24) is 9.97 Å². The lowest BCUT2D eigenvalue weighted by atomic mass is 10.2. The Morgan fingerprint density at radius 2 is 2.04 bits per heavy atom. The van der Waals surface area contributed by atoms with Gasteiger partial charge in [-0.3, -0.25) is 4.79 Å². The highest BCUT2D eigenvalue weighted by molar-refractivity contribution is 8.00. The molecule has 0 aliphatic carbocycles.